The summed E-state index contributed by atoms with van der Waals surface area (Å²) in [6.07, 6.45) is 0. The van der Waals surface area contributed by atoms with E-state index in [1.54, 1.807) is 24.3 Å². The van der Waals surface area contributed by atoms with Crippen LogP contribution in [-0.2, 0) is 6.54 Å². The van der Waals surface area contributed by atoms with Crippen molar-refractivity contribution < 1.29 is 14.6 Å². The number of anilines is 1. The van der Waals surface area contributed by atoms with E-state index >= 15 is 0 Å². The normalized spacial score (nSPS) is 10.1. The molecule has 0 aliphatic heterocycles. The van der Waals surface area contributed by atoms with Crippen LogP contribution < -0.4 is 15.4 Å². The maximum absolute atomic E-state index is 11.9. The van der Waals surface area contributed by atoms with E-state index in [0.29, 0.717) is 17.0 Å². The Morgan fingerprint density at radius 1 is 1.32 bits per heavy atom. The highest BCUT2D eigenvalue weighted by Crippen LogP contribution is 2.29. The second kappa shape index (κ2) is 7.17. The summed E-state index contributed by atoms with van der Waals surface area (Å²) >= 11 is 3.41. The molecule has 22 heavy (non-hydrogen) atoms. The number of hydrogen-bond acceptors (Lipinski definition) is 3. The summed E-state index contributed by atoms with van der Waals surface area (Å²) in [5.41, 5.74) is 2.32. The van der Waals surface area contributed by atoms with Crippen molar-refractivity contribution in [1.82, 2.24) is 5.32 Å². The Balaban J connectivity index is 1.97. The summed E-state index contributed by atoms with van der Waals surface area (Å²) in [6, 6.07) is 10.3. The Morgan fingerprint density at radius 3 is 2.77 bits per heavy atom. The smallest absolute Gasteiger partial charge is 0.319 e. The van der Waals surface area contributed by atoms with Crippen LogP contribution in [0.15, 0.2) is 40.9 Å². The highest BCUT2D eigenvalue weighted by molar-refractivity contribution is 9.10. The molecule has 0 aliphatic rings. The first-order valence-electron chi connectivity index (χ1n) is 6.67. The van der Waals surface area contributed by atoms with Gasteiger partial charge in [0.2, 0.25) is 0 Å². The van der Waals surface area contributed by atoms with Gasteiger partial charge in [0.15, 0.2) is 11.5 Å². The molecule has 0 aliphatic carbocycles. The average molecular weight is 365 g/mol. The van der Waals surface area contributed by atoms with Crippen LogP contribution in [0.2, 0.25) is 0 Å². The number of aromatic hydroxyl groups is 1. The zero-order valence-corrected chi connectivity index (χ0v) is 13.9. The minimum Gasteiger partial charge on any atom is -0.504 e. The molecule has 0 atom stereocenters. The van der Waals surface area contributed by atoms with Gasteiger partial charge in [0.1, 0.15) is 0 Å². The van der Waals surface area contributed by atoms with Gasteiger partial charge in [-0.2, -0.15) is 0 Å². The number of rotatable bonds is 4. The van der Waals surface area contributed by atoms with E-state index in [9.17, 15) is 9.90 Å². The quantitative estimate of drug-likeness (QED) is 0.772. The van der Waals surface area contributed by atoms with E-state index in [0.717, 1.165) is 10.0 Å². The molecule has 0 saturated heterocycles. The Labute approximate surface area is 137 Å². The molecule has 2 aromatic rings. The molecule has 0 unspecified atom stereocenters. The number of methoxy groups -OCH3 is 1. The monoisotopic (exact) mass is 364 g/mol. The molecule has 2 aromatic carbocycles. The maximum atomic E-state index is 11.9. The summed E-state index contributed by atoms with van der Waals surface area (Å²) in [4.78, 5) is 11.9. The van der Waals surface area contributed by atoms with Crippen LogP contribution in [0.5, 0.6) is 11.5 Å². The lowest BCUT2D eigenvalue weighted by Gasteiger charge is -2.11. The van der Waals surface area contributed by atoms with E-state index in [2.05, 4.69) is 26.6 Å². The number of urea groups is 1. The number of carbonyl (C=O) groups is 1. The number of phenolic OH excluding ortho intramolecular Hbond substituents is 1. The van der Waals surface area contributed by atoms with Gasteiger partial charge in [-0.15, -0.1) is 0 Å². The molecule has 5 nitrogen and oxygen atoms in total. The number of phenols is 1. The first-order chi connectivity index (χ1) is 10.5. The van der Waals surface area contributed by atoms with Crippen molar-refractivity contribution >= 4 is 27.6 Å². The number of amides is 2. The molecule has 116 valence electrons. The van der Waals surface area contributed by atoms with Crippen LogP contribution in [0.1, 0.15) is 11.1 Å². The lowest BCUT2D eigenvalue weighted by Crippen LogP contribution is -2.28. The summed E-state index contributed by atoms with van der Waals surface area (Å²) in [7, 11) is 1.48. The molecule has 0 radical (unpaired) electrons. The first kappa shape index (κ1) is 16.2. The van der Waals surface area contributed by atoms with Crippen LogP contribution >= 0.6 is 15.9 Å². The van der Waals surface area contributed by atoms with E-state index in [-0.39, 0.29) is 18.3 Å². The van der Waals surface area contributed by atoms with Crippen LogP contribution in [0.3, 0.4) is 0 Å². The highest BCUT2D eigenvalue weighted by Gasteiger charge is 2.09. The van der Waals surface area contributed by atoms with Gasteiger partial charge in [0.25, 0.3) is 0 Å². The molecule has 0 bridgehead atoms. The van der Waals surface area contributed by atoms with Gasteiger partial charge in [-0.3, -0.25) is 0 Å². The number of ether oxygens (including phenoxy) is 1. The molecule has 2 rings (SSSR count). The molecule has 0 fully saturated rings. The van der Waals surface area contributed by atoms with Crippen molar-refractivity contribution in [1.29, 1.82) is 0 Å². The van der Waals surface area contributed by atoms with Crippen molar-refractivity contribution in [2.75, 3.05) is 12.4 Å². The van der Waals surface area contributed by atoms with Gasteiger partial charge in [-0.1, -0.05) is 28.1 Å². The molecule has 3 N–H and O–H groups in total. The summed E-state index contributed by atoms with van der Waals surface area (Å²) in [5, 5.41) is 15.4. The van der Waals surface area contributed by atoms with Crippen molar-refractivity contribution in [3.63, 3.8) is 0 Å². The van der Waals surface area contributed by atoms with E-state index in [4.69, 9.17) is 4.74 Å². The average Bonchev–Trinajstić information content (AvgIpc) is 2.50. The van der Waals surface area contributed by atoms with Crippen molar-refractivity contribution in [2.45, 2.75) is 13.5 Å². The zero-order valence-electron chi connectivity index (χ0n) is 12.3. The van der Waals surface area contributed by atoms with E-state index in [1.807, 2.05) is 19.1 Å². The first-order valence-corrected chi connectivity index (χ1v) is 7.46. The van der Waals surface area contributed by atoms with Crippen molar-refractivity contribution in [2.24, 2.45) is 0 Å². The third-order valence-electron chi connectivity index (χ3n) is 3.16. The molecule has 0 aromatic heterocycles. The summed E-state index contributed by atoms with van der Waals surface area (Å²) < 4.78 is 6.02. The summed E-state index contributed by atoms with van der Waals surface area (Å²) in [5.74, 6) is 0.410. The molecule has 6 heteroatoms. The second-order valence-corrected chi connectivity index (χ2v) is 5.59. The van der Waals surface area contributed by atoms with E-state index in [1.165, 1.54) is 7.11 Å². The maximum Gasteiger partial charge on any atom is 0.319 e. The van der Waals surface area contributed by atoms with Crippen LogP contribution in [0, 0.1) is 6.92 Å². The Kier molecular flexibility index (Phi) is 5.27. The van der Waals surface area contributed by atoms with Gasteiger partial charge in [0.05, 0.1) is 7.11 Å². The molecular weight excluding hydrogens is 348 g/mol. The third kappa shape index (κ3) is 3.92. The lowest BCUT2D eigenvalue weighted by atomic mass is 10.2. The number of nitrogens with one attached hydrogen (secondary N) is 2. The zero-order chi connectivity index (χ0) is 16.1. The predicted octanol–water partition coefficient (Wildman–Crippen LogP) is 3.79. The minimum atomic E-state index is -0.344. The molecule has 0 spiro atoms. The fourth-order valence-electron chi connectivity index (χ4n) is 1.95. The predicted molar refractivity (Wildman–Crippen MR) is 89.4 cm³/mol. The van der Waals surface area contributed by atoms with Gasteiger partial charge in [-0.05, 0) is 36.8 Å². The number of hydrogen-bond donors (Lipinski definition) is 3. The number of aryl methyl sites for hydroxylation is 1. The lowest BCUT2D eigenvalue weighted by molar-refractivity contribution is 0.251. The Morgan fingerprint density at radius 2 is 2.09 bits per heavy atom. The Bertz CT molecular complexity index is 689. The SMILES string of the molecule is COc1cccc(CNC(=O)Nc2ccc(Br)c(C)c2)c1O. The summed E-state index contributed by atoms with van der Waals surface area (Å²) in [6.45, 7) is 2.14. The molecule has 0 saturated carbocycles. The molecule has 0 heterocycles. The third-order valence-corrected chi connectivity index (χ3v) is 4.05. The van der Waals surface area contributed by atoms with Gasteiger partial charge >= 0.3 is 6.03 Å². The number of para-hydroxylation sites is 1. The number of benzene rings is 2. The van der Waals surface area contributed by atoms with Crippen molar-refractivity contribution in [3.05, 3.63) is 52.0 Å². The molecular formula is C16H17BrN2O3. The highest BCUT2D eigenvalue weighted by atomic mass is 79.9. The largest absolute Gasteiger partial charge is 0.504 e. The van der Waals surface area contributed by atoms with Crippen LogP contribution in [0.4, 0.5) is 10.5 Å². The van der Waals surface area contributed by atoms with Crippen LogP contribution in [0.25, 0.3) is 0 Å². The standard InChI is InChI=1S/C16H17BrN2O3/c1-10-8-12(6-7-13(10)17)19-16(21)18-9-11-4-3-5-14(22-2)15(11)20/h3-8,20H,9H2,1-2H3,(H2,18,19,21). The Hall–Kier alpha value is -2.21. The van der Waals surface area contributed by atoms with Gasteiger partial charge in [0, 0.05) is 22.3 Å². The van der Waals surface area contributed by atoms with Crippen LogP contribution in [-0.4, -0.2) is 18.2 Å². The minimum absolute atomic E-state index is 0.0322. The number of carbonyl (C=O) groups excluding carboxylic acids is 1. The fraction of sp³-hybridized carbons (Fsp3) is 0.188. The van der Waals surface area contributed by atoms with Gasteiger partial charge < -0.3 is 20.5 Å². The van der Waals surface area contributed by atoms with E-state index < -0.39 is 0 Å². The topological polar surface area (TPSA) is 70.6 Å². The van der Waals surface area contributed by atoms with Crippen molar-refractivity contribution in [3.8, 4) is 11.5 Å². The fourth-order valence-corrected chi connectivity index (χ4v) is 2.20. The second-order valence-electron chi connectivity index (χ2n) is 4.74. The molecule has 2 amide bonds. The number of halogens is 1. The van der Waals surface area contributed by atoms with Gasteiger partial charge in [-0.25, -0.2) is 4.79 Å².